The average molecular weight is 626 g/mol. The van der Waals surface area contributed by atoms with Gasteiger partial charge in [0, 0.05) is 43.1 Å². The molecule has 1 unspecified atom stereocenters. The van der Waals surface area contributed by atoms with Gasteiger partial charge in [-0.15, -0.1) is 0 Å². The highest BCUT2D eigenvalue weighted by Gasteiger charge is 2.33. The van der Waals surface area contributed by atoms with Gasteiger partial charge in [-0.3, -0.25) is 4.79 Å². The molecule has 1 amide bonds. The first kappa shape index (κ1) is 30.0. The molecule has 1 aliphatic carbocycles. The Kier molecular flexibility index (Phi) is 9.28. The molecule has 2 aromatic carbocycles. The van der Waals surface area contributed by atoms with Crippen molar-refractivity contribution in [1.82, 2.24) is 15.2 Å². The van der Waals surface area contributed by atoms with E-state index in [0.29, 0.717) is 52.5 Å². The van der Waals surface area contributed by atoms with Crippen molar-refractivity contribution in [3.05, 3.63) is 75.9 Å². The Morgan fingerprint density at radius 3 is 2.58 bits per heavy atom. The minimum atomic E-state index is -0.902. The minimum absolute atomic E-state index is 0.0556. The van der Waals surface area contributed by atoms with E-state index in [0.717, 1.165) is 56.7 Å². The molecule has 3 aliphatic rings. The maximum Gasteiger partial charge on any atom is 0.225 e. The molecule has 1 aromatic heterocycles. The van der Waals surface area contributed by atoms with Gasteiger partial charge in [0.1, 0.15) is 17.6 Å². The number of carbonyl (C=O) groups is 1. The average Bonchev–Trinajstić information content (AvgIpc) is 3.42. The van der Waals surface area contributed by atoms with E-state index < -0.39 is 12.1 Å². The first-order valence-electron chi connectivity index (χ1n) is 15.2. The van der Waals surface area contributed by atoms with Crippen LogP contribution in [0, 0.1) is 12.8 Å². The number of hydrogen-bond acceptors (Lipinski definition) is 7. The monoisotopic (exact) mass is 624 g/mol. The zero-order valence-electron chi connectivity index (χ0n) is 24.3. The second kappa shape index (κ2) is 13.3. The zero-order valence-corrected chi connectivity index (χ0v) is 25.9. The molecule has 3 atom stereocenters. The van der Waals surface area contributed by atoms with Gasteiger partial charge in [0.25, 0.3) is 0 Å². The van der Waals surface area contributed by atoms with Crippen LogP contribution in [0.3, 0.4) is 0 Å². The Hall–Kier alpha value is -3.04. The SMILES string of the molecule is Cc1cccc(Oc2cc(N3CCC(C(=O)N[C@H](CN4CCCC4)[C@H](O)c4ccc(OC5CC5)c(Cl)c4)C3)ccc2Cl)n1. The standard InChI is InChI=1S/C33H38Cl2N4O4/c1-21-5-4-6-31(36-21)43-30-18-24(8-11-26(30)34)39-16-13-23(19-39)33(41)37-28(20-38-14-2-3-15-38)32(40)22-7-12-29(27(35)17-22)42-25-9-10-25/h4-8,11-12,17-18,23,25,28,32,40H,2-3,9-10,13-16,19-20H2,1H3,(H,37,41)/t23?,28-,32-/m1/s1. The van der Waals surface area contributed by atoms with Crippen molar-refractivity contribution in [2.45, 2.75) is 57.3 Å². The Morgan fingerprint density at radius 2 is 1.84 bits per heavy atom. The third-order valence-corrected chi connectivity index (χ3v) is 9.00. The van der Waals surface area contributed by atoms with Gasteiger partial charge in [0.15, 0.2) is 0 Å². The van der Waals surface area contributed by atoms with Gasteiger partial charge >= 0.3 is 0 Å². The van der Waals surface area contributed by atoms with Crippen LogP contribution in [-0.4, -0.2) is 65.8 Å². The van der Waals surface area contributed by atoms with Crippen molar-refractivity contribution in [2.24, 2.45) is 5.92 Å². The van der Waals surface area contributed by atoms with Crippen LogP contribution in [-0.2, 0) is 4.79 Å². The summed E-state index contributed by atoms with van der Waals surface area (Å²) in [5, 5.41) is 15.7. The van der Waals surface area contributed by atoms with Crippen LogP contribution in [0.4, 0.5) is 5.69 Å². The van der Waals surface area contributed by atoms with Crippen molar-refractivity contribution in [3.63, 3.8) is 0 Å². The van der Waals surface area contributed by atoms with E-state index in [2.05, 4.69) is 20.1 Å². The number of aliphatic hydroxyl groups excluding tert-OH is 1. The highest BCUT2D eigenvalue weighted by atomic mass is 35.5. The molecule has 3 heterocycles. The molecular formula is C33H38Cl2N4O4. The molecule has 2 N–H and O–H groups in total. The zero-order chi connectivity index (χ0) is 29.9. The van der Waals surface area contributed by atoms with Gasteiger partial charge in [-0.2, -0.15) is 0 Å². The quantitative estimate of drug-likeness (QED) is 0.264. The van der Waals surface area contributed by atoms with E-state index in [9.17, 15) is 9.90 Å². The first-order valence-corrected chi connectivity index (χ1v) is 15.9. The number of rotatable bonds is 11. The predicted molar refractivity (Wildman–Crippen MR) is 168 cm³/mol. The van der Waals surface area contributed by atoms with Gasteiger partial charge in [0.05, 0.1) is 28.1 Å². The molecule has 228 valence electrons. The number of amides is 1. The molecule has 3 fully saturated rings. The molecule has 0 bridgehead atoms. The lowest BCUT2D eigenvalue weighted by molar-refractivity contribution is -0.126. The Bertz CT molecular complexity index is 1450. The third-order valence-electron chi connectivity index (χ3n) is 8.39. The second-order valence-electron chi connectivity index (χ2n) is 11.8. The molecule has 0 radical (unpaired) electrons. The van der Waals surface area contributed by atoms with Gasteiger partial charge in [-0.1, -0.05) is 35.3 Å². The number of halogens is 2. The maximum absolute atomic E-state index is 13.6. The highest BCUT2D eigenvalue weighted by Crippen LogP contribution is 2.36. The maximum atomic E-state index is 13.6. The number of benzene rings is 2. The molecule has 10 heteroatoms. The van der Waals surface area contributed by atoms with Crippen LogP contribution < -0.4 is 19.7 Å². The number of aryl methyl sites for hydroxylation is 1. The summed E-state index contributed by atoms with van der Waals surface area (Å²) in [6.45, 7) is 5.69. The predicted octanol–water partition coefficient (Wildman–Crippen LogP) is 6.17. The third kappa shape index (κ3) is 7.55. The summed E-state index contributed by atoms with van der Waals surface area (Å²) in [4.78, 5) is 22.5. The van der Waals surface area contributed by atoms with E-state index in [4.69, 9.17) is 32.7 Å². The van der Waals surface area contributed by atoms with Crippen LogP contribution in [0.2, 0.25) is 10.0 Å². The van der Waals surface area contributed by atoms with Crippen molar-refractivity contribution < 1.29 is 19.4 Å². The smallest absolute Gasteiger partial charge is 0.225 e. The molecule has 2 saturated heterocycles. The molecule has 3 aromatic rings. The lowest BCUT2D eigenvalue weighted by Crippen LogP contribution is -2.48. The van der Waals surface area contributed by atoms with Gasteiger partial charge < -0.3 is 29.7 Å². The van der Waals surface area contributed by atoms with Crippen molar-refractivity contribution in [2.75, 3.05) is 37.6 Å². The molecular weight excluding hydrogens is 587 g/mol. The fraction of sp³-hybridized carbons (Fsp3) is 0.455. The van der Waals surface area contributed by atoms with E-state index in [1.165, 1.54) is 0 Å². The van der Waals surface area contributed by atoms with Crippen molar-refractivity contribution in [3.8, 4) is 17.4 Å². The van der Waals surface area contributed by atoms with Crippen LogP contribution in [0.5, 0.6) is 17.4 Å². The number of anilines is 1. The Morgan fingerprint density at radius 1 is 1.02 bits per heavy atom. The largest absolute Gasteiger partial charge is 0.489 e. The molecule has 2 aliphatic heterocycles. The lowest BCUT2D eigenvalue weighted by Gasteiger charge is -2.30. The number of carbonyl (C=O) groups excluding carboxylic acids is 1. The summed E-state index contributed by atoms with van der Waals surface area (Å²) in [6, 6.07) is 16.2. The fourth-order valence-corrected chi connectivity index (χ4v) is 6.22. The van der Waals surface area contributed by atoms with E-state index in [1.807, 2.05) is 49.4 Å². The summed E-state index contributed by atoms with van der Waals surface area (Å²) in [6.07, 6.45) is 4.37. The van der Waals surface area contributed by atoms with E-state index >= 15 is 0 Å². The number of likely N-dealkylation sites (tertiary alicyclic amines) is 1. The number of aliphatic hydroxyl groups is 1. The minimum Gasteiger partial charge on any atom is -0.489 e. The van der Waals surface area contributed by atoms with Crippen molar-refractivity contribution >= 4 is 34.8 Å². The highest BCUT2D eigenvalue weighted by molar-refractivity contribution is 6.32. The number of aromatic nitrogens is 1. The lowest BCUT2D eigenvalue weighted by atomic mass is 10.00. The number of pyridine rings is 1. The van der Waals surface area contributed by atoms with Crippen LogP contribution in [0.1, 0.15) is 49.5 Å². The van der Waals surface area contributed by atoms with Crippen LogP contribution in [0.25, 0.3) is 0 Å². The summed E-state index contributed by atoms with van der Waals surface area (Å²) in [5.74, 6) is 1.36. The van der Waals surface area contributed by atoms with E-state index in [-0.39, 0.29) is 17.9 Å². The summed E-state index contributed by atoms with van der Waals surface area (Å²) in [5.41, 5.74) is 2.45. The van der Waals surface area contributed by atoms with E-state index in [1.54, 1.807) is 12.1 Å². The second-order valence-corrected chi connectivity index (χ2v) is 12.7. The van der Waals surface area contributed by atoms with Crippen LogP contribution in [0.15, 0.2) is 54.6 Å². The number of nitrogens with zero attached hydrogens (tertiary/aromatic N) is 3. The van der Waals surface area contributed by atoms with Crippen LogP contribution >= 0.6 is 23.2 Å². The Balaban J connectivity index is 1.12. The van der Waals surface area contributed by atoms with Gasteiger partial charge in [-0.05, 0) is 88.0 Å². The normalized spacial score (nSPS) is 20.2. The van der Waals surface area contributed by atoms with Gasteiger partial charge in [-0.25, -0.2) is 4.98 Å². The number of hydrogen-bond donors (Lipinski definition) is 2. The summed E-state index contributed by atoms with van der Waals surface area (Å²) in [7, 11) is 0. The van der Waals surface area contributed by atoms with Gasteiger partial charge in [0.2, 0.25) is 11.8 Å². The molecule has 43 heavy (non-hydrogen) atoms. The van der Waals surface area contributed by atoms with Crippen molar-refractivity contribution in [1.29, 1.82) is 0 Å². The first-order chi connectivity index (χ1) is 20.8. The number of nitrogens with one attached hydrogen (secondary N) is 1. The summed E-state index contributed by atoms with van der Waals surface area (Å²) < 4.78 is 11.9. The Labute approximate surface area is 262 Å². The fourth-order valence-electron chi connectivity index (χ4n) is 5.83. The molecule has 6 rings (SSSR count). The topological polar surface area (TPSA) is 87.2 Å². The summed E-state index contributed by atoms with van der Waals surface area (Å²) >= 11 is 13.0. The number of ether oxygens (including phenoxy) is 2. The molecule has 1 saturated carbocycles. The molecule has 8 nitrogen and oxygen atoms in total. The molecule has 0 spiro atoms.